The van der Waals surface area contributed by atoms with Gasteiger partial charge in [-0.05, 0) is 62.8 Å². The molecule has 17 heavy (non-hydrogen) atoms. The van der Waals surface area contributed by atoms with Gasteiger partial charge in [0.25, 0.3) is 0 Å². The van der Waals surface area contributed by atoms with Crippen molar-refractivity contribution < 1.29 is 5.11 Å². The maximum atomic E-state index is 9.67. The fourth-order valence-corrected chi connectivity index (χ4v) is 3.51. The van der Waals surface area contributed by atoms with Gasteiger partial charge in [-0.2, -0.15) is 0 Å². The van der Waals surface area contributed by atoms with E-state index in [0.717, 1.165) is 37.3 Å². The van der Waals surface area contributed by atoms with Gasteiger partial charge in [-0.1, -0.05) is 20.3 Å². The third-order valence-electron chi connectivity index (χ3n) is 5.05. The van der Waals surface area contributed by atoms with Crippen molar-refractivity contribution in [3.8, 4) is 0 Å². The molecule has 2 fully saturated rings. The highest BCUT2D eigenvalue weighted by atomic mass is 16.3. The molecule has 5 atom stereocenters. The number of aliphatic hydroxyl groups is 1. The van der Waals surface area contributed by atoms with E-state index in [9.17, 15) is 5.11 Å². The van der Waals surface area contributed by atoms with Crippen molar-refractivity contribution in [1.82, 2.24) is 5.32 Å². The van der Waals surface area contributed by atoms with Gasteiger partial charge in [-0.25, -0.2) is 0 Å². The van der Waals surface area contributed by atoms with Crippen molar-refractivity contribution in [1.29, 1.82) is 0 Å². The van der Waals surface area contributed by atoms with Gasteiger partial charge in [0, 0.05) is 6.04 Å². The molecule has 0 aliphatic heterocycles. The molecule has 0 aromatic heterocycles. The Morgan fingerprint density at radius 1 is 1.00 bits per heavy atom. The van der Waals surface area contributed by atoms with Gasteiger partial charge in [0.15, 0.2) is 0 Å². The zero-order chi connectivity index (χ0) is 12.3. The Kier molecular flexibility index (Phi) is 4.87. The second-order valence-corrected chi connectivity index (χ2v) is 6.56. The van der Waals surface area contributed by atoms with Crippen LogP contribution in [0, 0.1) is 17.8 Å². The maximum Gasteiger partial charge on any atom is 0.0543 e. The lowest BCUT2D eigenvalue weighted by Crippen LogP contribution is -2.39. The van der Waals surface area contributed by atoms with Gasteiger partial charge in [0.1, 0.15) is 0 Å². The molecule has 2 saturated carbocycles. The zero-order valence-corrected chi connectivity index (χ0v) is 11.5. The normalized spacial score (nSPS) is 43.6. The van der Waals surface area contributed by atoms with E-state index in [4.69, 9.17) is 0 Å². The minimum absolute atomic E-state index is 0.0270. The summed E-state index contributed by atoms with van der Waals surface area (Å²) in [5.74, 6) is 2.50. The van der Waals surface area contributed by atoms with Crippen LogP contribution in [0.1, 0.15) is 58.8 Å². The largest absolute Gasteiger partial charge is 0.393 e. The van der Waals surface area contributed by atoms with Crippen LogP contribution in [-0.4, -0.2) is 23.8 Å². The molecule has 0 bridgehead atoms. The molecular formula is C15H29NO. The lowest BCUT2D eigenvalue weighted by Gasteiger charge is -2.34. The van der Waals surface area contributed by atoms with E-state index in [1.807, 2.05) is 0 Å². The molecule has 0 aromatic rings. The Morgan fingerprint density at radius 2 is 1.82 bits per heavy atom. The van der Waals surface area contributed by atoms with E-state index in [1.54, 1.807) is 0 Å². The maximum absolute atomic E-state index is 9.67. The minimum atomic E-state index is -0.0270. The second kappa shape index (κ2) is 6.19. The first-order valence-corrected chi connectivity index (χ1v) is 7.56. The predicted molar refractivity (Wildman–Crippen MR) is 71.9 cm³/mol. The van der Waals surface area contributed by atoms with Gasteiger partial charge in [0.2, 0.25) is 0 Å². The summed E-state index contributed by atoms with van der Waals surface area (Å²) in [6.07, 6.45) is 8.61. The Hall–Kier alpha value is -0.0800. The standard InChI is InChI=1S/C15H29NO/c1-11-6-7-14(8-12(11)2)16-10-13-4-3-5-15(17)9-13/h11-17H,3-10H2,1-2H3. The average molecular weight is 239 g/mol. The number of nitrogens with one attached hydrogen (secondary N) is 1. The quantitative estimate of drug-likeness (QED) is 0.793. The summed E-state index contributed by atoms with van der Waals surface area (Å²) in [4.78, 5) is 0. The van der Waals surface area contributed by atoms with E-state index in [2.05, 4.69) is 19.2 Å². The first kappa shape index (κ1) is 13.4. The van der Waals surface area contributed by atoms with E-state index < -0.39 is 0 Å². The van der Waals surface area contributed by atoms with Crippen LogP contribution in [0.25, 0.3) is 0 Å². The second-order valence-electron chi connectivity index (χ2n) is 6.56. The van der Waals surface area contributed by atoms with Crippen molar-refractivity contribution in [2.24, 2.45) is 17.8 Å². The van der Waals surface area contributed by atoms with E-state index in [-0.39, 0.29) is 6.10 Å². The van der Waals surface area contributed by atoms with Crippen molar-refractivity contribution in [3.05, 3.63) is 0 Å². The van der Waals surface area contributed by atoms with Crippen LogP contribution in [-0.2, 0) is 0 Å². The molecule has 2 nitrogen and oxygen atoms in total. The van der Waals surface area contributed by atoms with Crippen LogP contribution in [0.15, 0.2) is 0 Å². The van der Waals surface area contributed by atoms with Crippen molar-refractivity contribution in [3.63, 3.8) is 0 Å². The van der Waals surface area contributed by atoms with E-state index in [0.29, 0.717) is 5.92 Å². The van der Waals surface area contributed by atoms with Crippen molar-refractivity contribution in [2.45, 2.75) is 70.9 Å². The molecule has 0 heterocycles. The van der Waals surface area contributed by atoms with E-state index in [1.165, 1.54) is 32.1 Å². The smallest absolute Gasteiger partial charge is 0.0543 e. The lowest BCUT2D eigenvalue weighted by molar-refractivity contribution is 0.0977. The molecule has 2 aliphatic rings. The molecule has 2 heteroatoms. The van der Waals surface area contributed by atoms with Crippen LogP contribution in [0.3, 0.4) is 0 Å². The van der Waals surface area contributed by atoms with Gasteiger partial charge in [-0.3, -0.25) is 0 Å². The lowest BCUT2D eigenvalue weighted by atomic mass is 9.79. The molecular weight excluding hydrogens is 210 g/mol. The van der Waals surface area contributed by atoms with Crippen LogP contribution >= 0.6 is 0 Å². The third kappa shape index (κ3) is 3.96. The summed E-state index contributed by atoms with van der Waals surface area (Å²) >= 11 is 0. The minimum Gasteiger partial charge on any atom is -0.393 e. The fourth-order valence-electron chi connectivity index (χ4n) is 3.51. The Morgan fingerprint density at radius 3 is 2.53 bits per heavy atom. The van der Waals surface area contributed by atoms with Gasteiger partial charge in [0.05, 0.1) is 6.10 Å². The van der Waals surface area contributed by atoms with Crippen LogP contribution < -0.4 is 5.32 Å². The Labute approximate surface area is 106 Å². The molecule has 2 N–H and O–H groups in total. The van der Waals surface area contributed by atoms with Crippen LogP contribution in [0.2, 0.25) is 0 Å². The van der Waals surface area contributed by atoms with Crippen molar-refractivity contribution >= 4 is 0 Å². The number of hydrogen-bond acceptors (Lipinski definition) is 2. The SMILES string of the molecule is CC1CCC(NCC2CCCC(O)C2)CC1C. The molecule has 0 aromatic carbocycles. The summed E-state index contributed by atoms with van der Waals surface area (Å²) in [6, 6.07) is 0.736. The number of hydrogen-bond donors (Lipinski definition) is 2. The van der Waals surface area contributed by atoms with Gasteiger partial charge in [-0.15, -0.1) is 0 Å². The highest BCUT2D eigenvalue weighted by Gasteiger charge is 2.26. The summed E-state index contributed by atoms with van der Waals surface area (Å²) in [6.45, 7) is 5.91. The monoisotopic (exact) mass is 239 g/mol. The Bertz CT molecular complexity index is 231. The molecule has 2 aliphatic carbocycles. The first-order valence-electron chi connectivity index (χ1n) is 7.56. The zero-order valence-electron chi connectivity index (χ0n) is 11.5. The third-order valence-corrected chi connectivity index (χ3v) is 5.05. The summed E-state index contributed by atoms with van der Waals surface area (Å²) in [7, 11) is 0. The molecule has 100 valence electrons. The summed E-state index contributed by atoms with van der Waals surface area (Å²) in [5.41, 5.74) is 0. The van der Waals surface area contributed by atoms with Gasteiger partial charge >= 0.3 is 0 Å². The molecule has 2 rings (SSSR count). The van der Waals surface area contributed by atoms with Gasteiger partial charge < -0.3 is 10.4 Å². The molecule has 0 spiro atoms. The van der Waals surface area contributed by atoms with Crippen LogP contribution in [0.5, 0.6) is 0 Å². The van der Waals surface area contributed by atoms with Crippen LogP contribution in [0.4, 0.5) is 0 Å². The highest BCUT2D eigenvalue weighted by molar-refractivity contribution is 4.81. The molecule has 0 radical (unpaired) electrons. The number of aliphatic hydroxyl groups excluding tert-OH is 1. The topological polar surface area (TPSA) is 32.3 Å². The molecule has 5 unspecified atom stereocenters. The highest BCUT2D eigenvalue weighted by Crippen LogP contribution is 2.30. The summed E-state index contributed by atoms with van der Waals surface area (Å²) < 4.78 is 0. The Balaban J connectivity index is 1.67. The van der Waals surface area contributed by atoms with Crippen molar-refractivity contribution in [2.75, 3.05) is 6.54 Å². The number of rotatable bonds is 3. The fraction of sp³-hybridized carbons (Fsp3) is 1.00. The molecule has 0 saturated heterocycles. The van der Waals surface area contributed by atoms with E-state index >= 15 is 0 Å². The summed E-state index contributed by atoms with van der Waals surface area (Å²) in [5, 5.41) is 13.4. The predicted octanol–water partition coefficient (Wildman–Crippen LogP) is 2.95. The first-order chi connectivity index (χ1) is 8.15. The average Bonchev–Trinajstić information content (AvgIpc) is 2.31. The molecule has 0 amide bonds.